The quantitative estimate of drug-likeness (QED) is 0.601. The van der Waals surface area contributed by atoms with Crippen molar-refractivity contribution in [3.05, 3.63) is 52.2 Å². The molecule has 2 aromatic rings. The van der Waals surface area contributed by atoms with Crippen molar-refractivity contribution in [2.45, 2.75) is 26.9 Å². The predicted octanol–water partition coefficient (Wildman–Crippen LogP) is 3.65. The van der Waals surface area contributed by atoms with E-state index < -0.39 is 0 Å². The first kappa shape index (κ1) is 17.3. The fraction of sp³-hybridized carbons (Fsp3) is 0.389. The Kier molecular flexibility index (Phi) is 6.94. The van der Waals surface area contributed by atoms with Crippen LogP contribution in [0.3, 0.4) is 0 Å². The molecule has 0 radical (unpaired) electrons. The van der Waals surface area contributed by atoms with E-state index in [2.05, 4.69) is 59.1 Å². The molecule has 2 rings (SSSR count). The monoisotopic (exact) mass is 331 g/mol. The summed E-state index contributed by atoms with van der Waals surface area (Å²) in [5.74, 6) is 2.26. The van der Waals surface area contributed by atoms with E-state index in [1.54, 1.807) is 18.4 Å². The number of hydrogen-bond donors (Lipinski definition) is 2. The maximum absolute atomic E-state index is 5.69. The van der Waals surface area contributed by atoms with E-state index in [1.807, 2.05) is 12.1 Å². The number of nitrogens with one attached hydrogen (secondary N) is 2. The van der Waals surface area contributed by atoms with Gasteiger partial charge >= 0.3 is 0 Å². The highest BCUT2D eigenvalue weighted by atomic mass is 32.1. The van der Waals surface area contributed by atoms with Crippen molar-refractivity contribution < 1.29 is 4.74 Å². The molecule has 124 valence electrons. The zero-order valence-corrected chi connectivity index (χ0v) is 14.8. The first-order chi connectivity index (χ1) is 11.2. The van der Waals surface area contributed by atoms with Crippen molar-refractivity contribution in [2.24, 2.45) is 10.9 Å². The van der Waals surface area contributed by atoms with Crippen LogP contribution in [0.15, 0.2) is 46.8 Å². The van der Waals surface area contributed by atoms with Gasteiger partial charge in [-0.05, 0) is 35.1 Å². The van der Waals surface area contributed by atoms with Crippen molar-refractivity contribution in [1.82, 2.24) is 10.6 Å². The third-order valence-corrected chi connectivity index (χ3v) is 4.08. The predicted molar refractivity (Wildman–Crippen MR) is 98.1 cm³/mol. The molecule has 1 heterocycles. The van der Waals surface area contributed by atoms with Gasteiger partial charge in [0.05, 0.1) is 13.2 Å². The summed E-state index contributed by atoms with van der Waals surface area (Å²) in [6.45, 7) is 6.56. The minimum atomic E-state index is 0.536. The summed E-state index contributed by atoms with van der Waals surface area (Å²) in [6, 6.07) is 12.4. The Morgan fingerprint density at radius 2 is 1.87 bits per heavy atom. The molecule has 0 atom stereocenters. The van der Waals surface area contributed by atoms with Gasteiger partial charge in [-0.1, -0.05) is 32.0 Å². The van der Waals surface area contributed by atoms with Crippen molar-refractivity contribution in [1.29, 1.82) is 0 Å². The number of ether oxygens (including phenoxy) is 1. The molecule has 0 unspecified atom stereocenters. The maximum Gasteiger partial charge on any atom is 0.191 e. The van der Waals surface area contributed by atoms with Gasteiger partial charge < -0.3 is 15.4 Å². The molecule has 0 bridgehead atoms. The number of thiophene rings is 1. The van der Waals surface area contributed by atoms with Gasteiger partial charge in [-0.3, -0.25) is 4.99 Å². The molecule has 23 heavy (non-hydrogen) atoms. The lowest BCUT2D eigenvalue weighted by Gasteiger charge is -2.12. The topological polar surface area (TPSA) is 45.7 Å². The zero-order valence-electron chi connectivity index (χ0n) is 14.0. The number of nitrogens with zero attached hydrogens (tertiary/aromatic N) is 1. The summed E-state index contributed by atoms with van der Waals surface area (Å²) in [5, 5.41) is 8.71. The Balaban J connectivity index is 1.77. The van der Waals surface area contributed by atoms with Crippen LogP contribution < -0.4 is 15.4 Å². The molecule has 0 spiro atoms. The van der Waals surface area contributed by atoms with Gasteiger partial charge in [0.1, 0.15) is 5.75 Å². The number of rotatable bonds is 7. The lowest BCUT2D eigenvalue weighted by atomic mass is 10.2. The van der Waals surface area contributed by atoms with Crippen molar-refractivity contribution >= 4 is 17.3 Å². The highest BCUT2D eigenvalue weighted by Gasteiger charge is 2.01. The van der Waals surface area contributed by atoms with Gasteiger partial charge in [0.2, 0.25) is 0 Å². The highest BCUT2D eigenvalue weighted by molar-refractivity contribution is 7.09. The average molecular weight is 331 g/mol. The van der Waals surface area contributed by atoms with Crippen LogP contribution >= 0.6 is 11.3 Å². The first-order valence-corrected chi connectivity index (χ1v) is 8.74. The van der Waals surface area contributed by atoms with Gasteiger partial charge in [0, 0.05) is 18.5 Å². The third-order valence-electron chi connectivity index (χ3n) is 3.20. The molecule has 0 aliphatic heterocycles. The molecule has 5 heteroatoms. The van der Waals surface area contributed by atoms with Crippen LogP contribution in [0.5, 0.6) is 5.75 Å². The van der Waals surface area contributed by atoms with Crippen molar-refractivity contribution in [3.8, 4) is 5.75 Å². The zero-order chi connectivity index (χ0) is 16.5. The summed E-state index contributed by atoms with van der Waals surface area (Å²) in [7, 11) is 1.78. The van der Waals surface area contributed by atoms with Crippen LogP contribution in [0, 0.1) is 5.92 Å². The SMILES string of the molecule is CN=C(NCc1ccc(OCC(C)C)cc1)NCc1cccs1. The first-order valence-electron chi connectivity index (χ1n) is 7.86. The number of hydrogen-bond acceptors (Lipinski definition) is 3. The van der Waals surface area contributed by atoms with E-state index in [9.17, 15) is 0 Å². The molecule has 0 aliphatic carbocycles. The van der Waals surface area contributed by atoms with E-state index in [0.717, 1.165) is 31.4 Å². The summed E-state index contributed by atoms with van der Waals surface area (Å²) < 4.78 is 5.69. The second kappa shape index (κ2) is 9.20. The maximum atomic E-state index is 5.69. The highest BCUT2D eigenvalue weighted by Crippen LogP contribution is 2.13. The second-order valence-corrected chi connectivity index (χ2v) is 6.74. The molecule has 0 fully saturated rings. The Labute approximate surface area is 142 Å². The molecule has 0 saturated carbocycles. The molecule has 1 aromatic carbocycles. The number of benzene rings is 1. The van der Waals surface area contributed by atoms with Gasteiger partial charge in [-0.2, -0.15) is 0 Å². The Hall–Kier alpha value is -2.01. The Bertz CT molecular complexity index is 591. The third kappa shape index (κ3) is 6.32. The lowest BCUT2D eigenvalue weighted by molar-refractivity contribution is 0.271. The van der Waals surface area contributed by atoms with Gasteiger partial charge in [0.25, 0.3) is 0 Å². The van der Waals surface area contributed by atoms with Crippen LogP contribution in [0.25, 0.3) is 0 Å². The Morgan fingerprint density at radius 3 is 2.48 bits per heavy atom. The molecule has 1 aromatic heterocycles. The largest absolute Gasteiger partial charge is 0.493 e. The normalized spacial score (nSPS) is 11.6. The summed E-state index contributed by atoms with van der Waals surface area (Å²) >= 11 is 1.74. The van der Waals surface area contributed by atoms with Crippen molar-refractivity contribution in [2.75, 3.05) is 13.7 Å². The van der Waals surface area contributed by atoms with Crippen LogP contribution in [0.1, 0.15) is 24.3 Å². The number of guanidine groups is 1. The van der Waals surface area contributed by atoms with E-state index in [-0.39, 0.29) is 0 Å². The molecule has 2 N–H and O–H groups in total. The fourth-order valence-corrected chi connectivity index (χ4v) is 2.60. The van der Waals surface area contributed by atoms with Crippen LogP contribution in [0.4, 0.5) is 0 Å². The minimum Gasteiger partial charge on any atom is -0.493 e. The smallest absolute Gasteiger partial charge is 0.191 e. The molecule has 0 saturated heterocycles. The summed E-state index contributed by atoms with van der Waals surface area (Å²) in [5.41, 5.74) is 1.20. The summed E-state index contributed by atoms with van der Waals surface area (Å²) in [6.07, 6.45) is 0. The van der Waals surface area contributed by atoms with Crippen LogP contribution in [-0.2, 0) is 13.1 Å². The lowest BCUT2D eigenvalue weighted by Crippen LogP contribution is -2.36. The molecule has 0 amide bonds. The van der Waals surface area contributed by atoms with Gasteiger partial charge in [-0.15, -0.1) is 11.3 Å². The Morgan fingerprint density at radius 1 is 1.13 bits per heavy atom. The van der Waals surface area contributed by atoms with E-state index in [1.165, 1.54) is 10.4 Å². The second-order valence-electron chi connectivity index (χ2n) is 5.71. The average Bonchev–Trinajstić information content (AvgIpc) is 3.07. The number of aliphatic imine (C=N–C) groups is 1. The molecule has 0 aliphatic rings. The fourth-order valence-electron chi connectivity index (χ4n) is 1.96. The summed E-state index contributed by atoms with van der Waals surface area (Å²) in [4.78, 5) is 5.53. The minimum absolute atomic E-state index is 0.536. The van der Waals surface area contributed by atoms with E-state index in [0.29, 0.717) is 5.92 Å². The van der Waals surface area contributed by atoms with E-state index >= 15 is 0 Å². The van der Waals surface area contributed by atoms with E-state index in [4.69, 9.17) is 4.74 Å². The van der Waals surface area contributed by atoms with Gasteiger partial charge in [0.15, 0.2) is 5.96 Å². The standard InChI is InChI=1S/C18H25N3OS/c1-14(2)13-22-16-8-6-15(7-9-16)11-20-18(19-3)21-12-17-5-4-10-23-17/h4-10,14H,11-13H2,1-3H3,(H2,19,20,21). The van der Waals surface area contributed by atoms with Gasteiger partial charge in [-0.25, -0.2) is 0 Å². The van der Waals surface area contributed by atoms with Crippen molar-refractivity contribution in [3.63, 3.8) is 0 Å². The molecular weight excluding hydrogens is 306 g/mol. The van der Waals surface area contributed by atoms with Crippen LogP contribution in [-0.4, -0.2) is 19.6 Å². The van der Waals surface area contributed by atoms with Crippen LogP contribution in [0.2, 0.25) is 0 Å². The molecular formula is C18H25N3OS. The molecule has 4 nitrogen and oxygen atoms in total.